The van der Waals surface area contributed by atoms with Crippen molar-refractivity contribution >= 4 is 0 Å². The van der Waals surface area contributed by atoms with Gasteiger partial charge in [-0.25, -0.2) is 17.6 Å². The largest absolute Gasteiger partial charge is 0.207 e. The predicted octanol–water partition coefficient (Wildman–Crippen LogP) is 6.19. The first-order chi connectivity index (χ1) is 11.3. The van der Waals surface area contributed by atoms with Crippen LogP contribution in [-0.2, 0) is 0 Å². The van der Waals surface area contributed by atoms with Crippen molar-refractivity contribution in [2.24, 2.45) is 0 Å². The molecule has 0 heterocycles. The summed E-state index contributed by atoms with van der Waals surface area (Å²) in [6, 6.07) is 10.3. The normalized spacial score (nSPS) is 10.9. The molecule has 0 spiro atoms. The highest BCUT2D eigenvalue weighted by Gasteiger charge is 2.15. The van der Waals surface area contributed by atoms with E-state index in [1.165, 1.54) is 12.1 Å². The number of hydrogen-bond donors (Lipinski definition) is 0. The molecule has 0 nitrogen and oxygen atoms in total. The fraction of sp³-hybridized carbons (Fsp3) is 0.100. The maximum absolute atomic E-state index is 14.6. The molecular weight excluding hydrogens is 316 g/mol. The van der Waals surface area contributed by atoms with Crippen LogP contribution >= 0.6 is 0 Å². The summed E-state index contributed by atoms with van der Waals surface area (Å²) >= 11 is 0. The van der Waals surface area contributed by atoms with Gasteiger partial charge in [-0.05, 0) is 60.4 Å². The van der Waals surface area contributed by atoms with Crippen LogP contribution < -0.4 is 0 Å². The summed E-state index contributed by atoms with van der Waals surface area (Å²) in [5.74, 6) is -2.66. The average molecular weight is 330 g/mol. The molecule has 3 aromatic rings. The lowest BCUT2D eigenvalue weighted by molar-refractivity contribution is 0.583. The summed E-state index contributed by atoms with van der Waals surface area (Å²) in [6.07, 6.45) is 0. The van der Waals surface area contributed by atoms with E-state index in [0.717, 1.165) is 23.8 Å². The smallest absolute Gasteiger partial charge is 0.131 e. The molecule has 0 radical (unpaired) electrons. The Morgan fingerprint density at radius 1 is 0.625 bits per heavy atom. The second-order valence-electron chi connectivity index (χ2n) is 5.79. The van der Waals surface area contributed by atoms with Gasteiger partial charge in [0.05, 0.1) is 0 Å². The number of halogens is 4. The third kappa shape index (κ3) is 3.04. The van der Waals surface area contributed by atoms with E-state index in [9.17, 15) is 17.6 Å². The Morgan fingerprint density at radius 2 is 1.29 bits per heavy atom. The lowest BCUT2D eigenvalue weighted by atomic mass is 9.94. The van der Waals surface area contributed by atoms with Crippen molar-refractivity contribution < 1.29 is 17.6 Å². The summed E-state index contributed by atoms with van der Waals surface area (Å²) in [7, 11) is 0. The van der Waals surface area contributed by atoms with E-state index in [1.807, 2.05) is 0 Å². The second-order valence-corrected chi connectivity index (χ2v) is 5.79. The Bertz CT molecular complexity index is 886. The Morgan fingerprint density at radius 3 is 1.88 bits per heavy atom. The molecule has 0 aromatic heterocycles. The lowest BCUT2D eigenvalue weighted by Gasteiger charge is -2.12. The Labute approximate surface area is 137 Å². The molecule has 0 aliphatic rings. The third-order valence-electron chi connectivity index (χ3n) is 3.87. The highest BCUT2D eigenvalue weighted by Crippen LogP contribution is 2.33. The number of hydrogen-bond acceptors (Lipinski definition) is 0. The molecule has 3 aromatic carbocycles. The van der Waals surface area contributed by atoms with Crippen molar-refractivity contribution in [3.05, 3.63) is 82.9 Å². The summed E-state index contributed by atoms with van der Waals surface area (Å²) in [5.41, 5.74) is 2.10. The highest BCUT2D eigenvalue weighted by atomic mass is 19.1. The van der Waals surface area contributed by atoms with Gasteiger partial charge in [-0.2, -0.15) is 0 Å². The van der Waals surface area contributed by atoms with Gasteiger partial charge in [-0.1, -0.05) is 18.2 Å². The molecule has 24 heavy (non-hydrogen) atoms. The quantitative estimate of drug-likeness (QED) is 0.491. The maximum atomic E-state index is 14.6. The zero-order chi connectivity index (χ0) is 17.4. The van der Waals surface area contributed by atoms with Crippen LogP contribution in [0.15, 0.2) is 48.5 Å². The Hall–Kier alpha value is -2.62. The Balaban J connectivity index is 2.15. The molecule has 0 amide bonds. The zero-order valence-electron chi connectivity index (χ0n) is 13.1. The van der Waals surface area contributed by atoms with E-state index < -0.39 is 23.3 Å². The number of benzene rings is 3. The SMILES string of the molecule is Cc1ccc(-c2cc(C)c(-c3cc(F)cc(F)c3)c(F)c2)c(F)c1. The molecular formula is C20H14F4. The van der Waals surface area contributed by atoms with Crippen LogP contribution in [0.25, 0.3) is 22.3 Å². The van der Waals surface area contributed by atoms with Gasteiger partial charge < -0.3 is 0 Å². The van der Waals surface area contributed by atoms with Gasteiger partial charge in [-0.3, -0.25) is 0 Å². The van der Waals surface area contributed by atoms with Gasteiger partial charge in [0.15, 0.2) is 0 Å². The summed E-state index contributed by atoms with van der Waals surface area (Å²) in [5, 5.41) is 0. The van der Waals surface area contributed by atoms with Crippen LogP contribution in [0.3, 0.4) is 0 Å². The zero-order valence-corrected chi connectivity index (χ0v) is 13.1. The van der Waals surface area contributed by atoms with E-state index in [0.29, 0.717) is 11.1 Å². The fourth-order valence-corrected chi connectivity index (χ4v) is 2.82. The van der Waals surface area contributed by atoms with Gasteiger partial charge >= 0.3 is 0 Å². The van der Waals surface area contributed by atoms with Gasteiger partial charge in [0, 0.05) is 17.2 Å². The lowest BCUT2D eigenvalue weighted by Crippen LogP contribution is -1.94. The first-order valence-corrected chi connectivity index (χ1v) is 7.38. The molecule has 3 rings (SSSR count). The van der Waals surface area contributed by atoms with Crippen LogP contribution in [0.5, 0.6) is 0 Å². The minimum Gasteiger partial charge on any atom is -0.207 e. The number of aryl methyl sites for hydroxylation is 2. The molecule has 0 unspecified atom stereocenters. The third-order valence-corrected chi connectivity index (χ3v) is 3.87. The van der Waals surface area contributed by atoms with Gasteiger partial charge in [0.2, 0.25) is 0 Å². The second kappa shape index (κ2) is 6.11. The van der Waals surface area contributed by atoms with Crippen LogP contribution in [0, 0.1) is 37.1 Å². The van der Waals surface area contributed by atoms with E-state index in [1.54, 1.807) is 32.0 Å². The maximum Gasteiger partial charge on any atom is 0.131 e. The van der Waals surface area contributed by atoms with Crippen LogP contribution in [0.2, 0.25) is 0 Å². The van der Waals surface area contributed by atoms with Crippen molar-refractivity contribution in [1.82, 2.24) is 0 Å². The molecule has 0 bridgehead atoms. The average Bonchev–Trinajstić information content (AvgIpc) is 2.45. The molecule has 4 heteroatoms. The standard InChI is InChI=1S/C20H14F4/c1-11-3-4-17(18(23)5-11)13-6-12(2)20(19(24)9-13)14-7-15(21)10-16(22)8-14/h3-10H,1-2H3. The van der Waals surface area contributed by atoms with E-state index >= 15 is 0 Å². The molecule has 0 saturated carbocycles. The van der Waals surface area contributed by atoms with Gasteiger partial charge in [0.25, 0.3) is 0 Å². The summed E-state index contributed by atoms with van der Waals surface area (Å²) in [6.45, 7) is 3.39. The van der Waals surface area contributed by atoms with Crippen LogP contribution in [0.4, 0.5) is 17.6 Å². The number of rotatable bonds is 2. The first kappa shape index (κ1) is 16.2. The summed E-state index contributed by atoms with van der Waals surface area (Å²) in [4.78, 5) is 0. The summed E-state index contributed by atoms with van der Waals surface area (Å²) < 4.78 is 55.5. The molecule has 0 atom stereocenters. The van der Waals surface area contributed by atoms with E-state index in [2.05, 4.69) is 0 Å². The molecule has 122 valence electrons. The molecule has 0 saturated heterocycles. The fourth-order valence-electron chi connectivity index (χ4n) is 2.82. The monoisotopic (exact) mass is 330 g/mol. The van der Waals surface area contributed by atoms with Gasteiger partial charge in [0.1, 0.15) is 23.3 Å². The minimum atomic E-state index is -0.780. The minimum absolute atomic E-state index is 0.102. The van der Waals surface area contributed by atoms with Crippen molar-refractivity contribution in [2.75, 3.05) is 0 Å². The molecule has 0 N–H and O–H groups in total. The molecule has 0 fully saturated rings. The first-order valence-electron chi connectivity index (χ1n) is 7.38. The van der Waals surface area contributed by atoms with Crippen molar-refractivity contribution in [1.29, 1.82) is 0 Å². The molecule has 0 aliphatic heterocycles. The van der Waals surface area contributed by atoms with Crippen molar-refractivity contribution in [3.63, 3.8) is 0 Å². The topological polar surface area (TPSA) is 0 Å². The highest BCUT2D eigenvalue weighted by molar-refractivity contribution is 5.74. The van der Waals surface area contributed by atoms with E-state index in [4.69, 9.17) is 0 Å². The Kier molecular flexibility index (Phi) is 4.14. The molecule has 0 aliphatic carbocycles. The van der Waals surface area contributed by atoms with E-state index in [-0.39, 0.29) is 16.7 Å². The van der Waals surface area contributed by atoms with Crippen molar-refractivity contribution in [2.45, 2.75) is 13.8 Å². The van der Waals surface area contributed by atoms with Gasteiger partial charge in [-0.15, -0.1) is 0 Å². The predicted molar refractivity (Wildman–Crippen MR) is 86.6 cm³/mol. The van der Waals surface area contributed by atoms with Crippen LogP contribution in [0.1, 0.15) is 11.1 Å². The van der Waals surface area contributed by atoms with Crippen LogP contribution in [-0.4, -0.2) is 0 Å². The van der Waals surface area contributed by atoms with Crippen molar-refractivity contribution in [3.8, 4) is 22.3 Å².